The Morgan fingerprint density at radius 3 is 2.57 bits per heavy atom. The zero-order valence-electron chi connectivity index (χ0n) is 13.1. The number of nitrogens with one attached hydrogen (secondary N) is 1. The topological polar surface area (TPSA) is 67.8 Å². The number of carbonyl (C=O) groups excluding carboxylic acids is 1. The van der Waals surface area contributed by atoms with Crippen LogP contribution in [-0.4, -0.2) is 23.9 Å². The summed E-state index contributed by atoms with van der Waals surface area (Å²) in [5.74, 6) is 0. The van der Waals surface area contributed by atoms with Crippen molar-refractivity contribution in [2.75, 3.05) is 11.9 Å². The minimum atomic E-state index is -0.504. The van der Waals surface area contributed by atoms with Crippen LogP contribution in [0.15, 0.2) is 54.6 Å². The smallest absolute Gasteiger partial charge is 0.411 e. The van der Waals surface area contributed by atoms with Crippen molar-refractivity contribution in [2.45, 2.75) is 26.2 Å². The fraction of sp³-hybridized carbons (Fsp3) is 0.278. The molecule has 2 N–H and O–H groups in total. The Bertz CT molecular complexity index is 613. The highest BCUT2D eigenvalue weighted by atomic mass is 16.5. The van der Waals surface area contributed by atoms with E-state index in [0.717, 1.165) is 11.1 Å². The number of hydrogen-bond acceptors (Lipinski definition) is 4. The third-order valence-corrected chi connectivity index (χ3v) is 3.01. The van der Waals surface area contributed by atoms with E-state index in [2.05, 4.69) is 5.32 Å². The predicted octanol–water partition coefficient (Wildman–Crippen LogP) is 3.33. The Morgan fingerprint density at radius 2 is 1.83 bits per heavy atom. The van der Waals surface area contributed by atoms with E-state index in [1.165, 1.54) is 0 Å². The van der Waals surface area contributed by atoms with Crippen molar-refractivity contribution in [3.63, 3.8) is 0 Å². The highest BCUT2D eigenvalue weighted by molar-refractivity contribution is 5.84. The Balaban J connectivity index is 1.81. The average molecular weight is 315 g/mol. The van der Waals surface area contributed by atoms with Crippen LogP contribution in [0.4, 0.5) is 10.5 Å². The monoisotopic (exact) mass is 315 g/mol. The fourth-order valence-corrected chi connectivity index (χ4v) is 1.96. The molecule has 122 valence electrons. The quantitative estimate of drug-likeness (QED) is 0.822. The number of ether oxygens (including phenoxy) is 2. The van der Waals surface area contributed by atoms with E-state index < -0.39 is 12.2 Å². The lowest BCUT2D eigenvalue weighted by molar-refractivity contribution is 0.0376. The molecule has 0 spiro atoms. The van der Waals surface area contributed by atoms with Crippen molar-refractivity contribution in [2.24, 2.45) is 0 Å². The lowest BCUT2D eigenvalue weighted by Crippen LogP contribution is -2.14. The largest absolute Gasteiger partial charge is 0.444 e. The number of benzene rings is 2. The van der Waals surface area contributed by atoms with Crippen LogP contribution in [0, 0.1) is 0 Å². The third-order valence-electron chi connectivity index (χ3n) is 3.01. The van der Waals surface area contributed by atoms with Gasteiger partial charge in [0.1, 0.15) is 6.61 Å². The molecule has 2 aromatic rings. The number of aliphatic hydroxyl groups excluding tert-OH is 1. The SMILES string of the molecule is CC(O)COCc1cccc(NC(=O)OCc2ccccc2)c1. The highest BCUT2D eigenvalue weighted by Gasteiger charge is 2.05. The van der Waals surface area contributed by atoms with Crippen molar-refractivity contribution >= 4 is 11.8 Å². The standard InChI is InChI=1S/C18H21NO4/c1-14(20)11-22-12-16-8-5-9-17(10-16)19-18(21)23-13-15-6-3-2-4-7-15/h2-10,14,20H,11-13H2,1H3,(H,19,21). The van der Waals surface area contributed by atoms with Gasteiger partial charge in [-0.15, -0.1) is 0 Å². The number of hydrogen-bond donors (Lipinski definition) is 2. The maximum absolute atomic E-state index is 11.8. The van der Waals surface area contributed by atoms with E-state index in [-0.39, 0.29) is 13.2 Å². The second-order valence-corrected chi connectivity index (χ2v) is 5.25. The molecule has 0 aliphatic heterocycles. The van der Waals surface area contributed by atoms with Crippen LogP contribution in [0.1, 0.15) is 18.1 Å². The van der Waals surface area contributed by atoms with Crippen LogP contribution in [0.5, 0.6) is 0 Å². The molecular weight excluding hydrogens is 294 g/mol. The molecule has 0 radical (unpaired) electrons. The van der Waals surface area contributed by atoms with Crippen LogP contribution < -0.4 is 5.32 Å². The number of aliphatic hydroxyl groups is 1. The normalized spacial score (nSPS) is 11.7. The summed E-state index contributed by atoms with van der Waals surface area (Å²) in [6.45, 7) is 2.54. The number of amides is 1. The van der Waals surface area contributed by atoms with E-state index in [0.29, 0.717) is 12.3 Å². The summed E-state index contributed by atoms with van der Waals surface area (Å²) in [6, 6.07) is 16.8. The first-order valence-corrected chi connectivity index (χ1v) is 7.46. The maximum Gasteiger partial charge on any atom is 0.411 e. The second kappa shape index (κ2) is 8.92. The van der Waals surface area contributed by atoms with Crippen LogP contribution in [0.3, 0.4) is 0 Å². The van der Waals surface area contributed by atoms with Crippen molar-refractivity contribution in [1.82, 2.24) is 0 Å². The molecule has 1 atom stereocenters. The van der Waals surface area contributed by atoms with Crippen molar-refractivity contribution in [3.8, 4) is 0 Å². The lowest BCUT2D eigenvalue weighted by atomic mass is 10.2. The molecule has 1 amide bonds. The van der Waals surface area contributed by atoms with Crippen LogP contribution >= 0.6 is 0 Å². The van der Waals surface area contributed by atoms with Gasteiger partial charge in [0.15, 0.2) is 0 Å². The summed E-state index contributed by atoms with van der Waals surface area (Å²) >= 11 is 0. The van der Waals surface area contributed by atoms with Crippen LogP contribution in [0.25, 0.3) is 0 Å². The first-order valence-electron chi connectivity index (χ1n) is 7.46. The number of rotatable bonds is 7. The molecule has 2 aromatic carbocycles. The second-order valence-electron chi connectivity index (χ2n) is 5.25. The van der Waals surface area contributed by atoms with Crippen LogP contribution in [0.2, 0.25) is 0 Å². The molecule has 5 heteroatoms. The minimum absolute atomic E-state index is 0.226. The molecule has 23 heavy (non-hydrogen) atoms. The van der Waals surface area contributed by atoms with Crippen molar-refractivity contribution in [3.05, 3.63) is 65.7 Å². The van der Waals surface area contributed by atoms with E-state index >= 15 is 0 Å². The fourth-order valence-electron chi connectivity index (χ4n) is 1.96. The molecule has 5 nitrogen and oxygen atoms in total. The Kier molecular flexibility index (Phi) is 6.59. The van der Waals surface area contributed by atoms with E-state index in [1.54, 1.807) is 13.0 Å². The van der Waals surface area contributed by atoms with Gasteiger partial charge in [0, 0.05) is 5.69 Å². The first kappa shape index (κ1) is 17.0. The maximum atomic E-state index is 11.8. The molecule has 0 aromatic heterocycles. The molecule has 1 unspecified atom stereocenters. The van der Waals surface area contributed by atoms with Gasteiger partial charge in [-0.1, -0.05) is 42.5 Å². The number of anilines is 1. The molecule has 0 heterocycles. The minimum Gasteiger partial charge on any atom is -0.444 e. The Morgan fingerprint density at radius 1 is 1.09 bits per heavy atom. The molecule has 0 aliphatic carbocycles. The highest BCUT2D eigenvalue weighted by Crippen LogP contribution is 2.12. The van der Waals surface area contributed by atoms with Gasteiger partial charge < -0.3 is 14.6 Å². The van der Waals surface area contributed by atoms with Gasteiger partial charge in [0.05, 0.1) is 19.3 Å². The van der Waals surface area contributed by atoms with E-state index in [9.17, 15) is 4.79 Å². The van der Waals surface area contributed by atoms with Gasteiger partial charge in [-0.25, -0.2) is 4.79 Å². The summed E-state index contributed by atoms with van der Waals surface area (Å²) in [5, 5.41) is 11.8. The Hall–Kier alpha value is -2.37. The summed E-state index contributed by atoms with van der Waals surface area (Å²) in [4.78, 5) is 11.8. The van der Waals surface area contributed by atoms with Gasteiger partial charge in [0.25, 0.3) is 0 Å². The average Bonchev–Trinajstić information content (AvgIpc) is 2.54. The summed E-state index contributed by atoms with van der Waals surface area (Å²) in [6.07, 6.45) is -1.000. The summed E-state index contributed by atoms with van der Waals surface area (Å²) < 4.78 is 10.5. The van der Waals surface area contributed by atoms with Crippen molar-refractivity contribution < 1.29 is 19.4 Å². The third kappa shape index (κ3) is 6.50. The Labute approximate surface area is 135 Å². The zero-order valence-corrected chi connectivity index (χ0v) is 13.1. The van der Waals surface area contributed by atoms with Crippen LogP contribution in [-0.2, 0) is 22.7 Å². The van der Waals surface area contributed by atoms with Gasteiger partial charge in [-0.05, 0) is 30.2 Å². The van der Waals surface area contributed by atoms with Gasteiger partial charge in [-0.2, -0.15) is 0 Å². The molecule has 0 saturated heterocycles. The molecule has 2 rings (SSSR count). The molecule has 0 fully saturated rings. The molecule has 0 aliphatic rings. The van der Waals surface area contributed by atoms with E-state index in [4.69, 9.17) is 14.6 Å². The molecule has 0 bridgehead atoms. The summed E-state index contributed by atoms with van der Waals surface area (Å²) in [7, 11) is 0. The first-order chi connectivity index (χ1) is 11.1. The predicted molar refractivity (Wildman–Crippen MR) is 88.0 cm³/mol. The lowest BCUT2D eigenvalue weighted by Gasteiger charge is -2.09. The molecular formula is C18H21NO4. The number of carbonyl (C=O) groups is 1. The van der Waals surface area contributed by atoms with Gasteiger partial charge >= 0.3 is 6.09 Å². The summed E-state index contributed by atoms with van der Waals surface area (Å²) in [5.41, 5.74) is 2.48. The zero-order chi connectivity index (χ0) is 16.5. The van der Waals surface area contributed by atoms with Crippen molar-refractivity contribution in [1.29, 1.82) is 0 Å². The van der Waals surface area contributed by atoms with Gasteiger partial charge in [-0.3, -0.25) is 5.32 Å². The van der Waals surface area contributed by atoms with Gasteiger partial charge in [0.2, 0.25) is 0 Å². The molecule has 0 saturated carbocycles. The van der Waals surface area contributed by atoms with E-state index in [1.807, 2.05) is 48.5 Å².